The molecule has 0 radical (unpaired) electrons. The van der Waals surface area contributed by atoms with Gasteiger partial charge in [0.15, 0.2) is 11.2 Å². The van der Waals surface area contributed by atoms with Crippen LogP contribution in [0.4, 0.5) is 0 Å². The van der Waals surface area contributed by atoms with Gasteiger partial charge in [0.2, 0.25) is 5.91 Å². The van der Waals surface area contributed by atoms with Gasteiger partial charge in [-0.1, -0.05) is 51.5 Å². The van der Waals surface area contributed by atoms with Gasteiger partial charge in [0, 0.05) is 39.1 Å². The van der Waals surface area contributed by atoms with Gasteiger partial charge in [-0.15, -0.1) is 0 Å². The van der Waals surface area contributed by atoms with Gasteiger partial charge in [-0.25, -0.2) is 9.78 Å². The van der Waals surface area contributed by atoms with Crippen LogP contribution in [0.1, 0.15) is 63.9 Å². The van der Waals surface area contributed by atoms with Gasteiger partial charge in [-0.2, -0.15) is 0 Å². The number of H-pyrrole nitrogens is 1. The Morgan fingerprint density at radius 3 is 2.49 bits per heavy atom. The summed E-state index contributed by atoms with van der Waals surface area (Å²) in [6.45, 7) is 10.9. The summed E-state index contributed by atoms with van der Waals surface area (Å²) in [5, 5.41) is 2.96. The lowest BCUT2D eigenvalue weighted by Gasteiger charge is -2.12. The molecule has 0 atom stereocenters. The van der Waals surface area contributed by atoms with Gasteiger partial charge in [0.1, 0.15) is 5.82 Å². The van der Waals surface area contributed by atoms with Gasteiger partial charge >= 0.3 is 5.69 Å². The van der Waals surface area contributed by atoms with Gasteiger partial charge in [0.05, 0.1) is 6.61 Å². The largest absolute Gasteiger partial charge is 0.377 e. The highest BCUT2D eigenvalue weighted by molar-refractivity contribution is 5.76. The van der Waals surface area contributed by atoms with Crippen LogP contribution in [-0.2, 0) is 42.2 Å². The van der Waals surface area contributed by atoms with E-state index in [0.29, 0.717) is 56.3 Å². The lowest BCUT2D eigenvalue weighted by Crippen LogP contribution is -2.31. The molecular weight excluding hydrogens is 446 g/mol. The van der Waals surface area contributed by atoms with Crippen molar-refractivity contribution in [3.63, 3.8) is 0 Å². The zero-order chi connectivity index (χ0) is 25.4. The number of unbranched alkanes of at least 4 members (excludes halogenated alkanes) is 1. The van der Waals surface area contributed by atoms with Gasteiger partial charge in [0.25, 0.3) is 5.56 Å². The van der Waals surface area contributed by atoms with Crippen molar-refractivity contribution < 1.29 is 9.53 Å². The fourth-order valence-electron chi connectivity index (χ4n) is 3.98. The van der Waals surface area contributed by atoms with E-state index < -0.39 is 11.2 Å². The molecule has 2 aromatic heterocycles. The number of hydrogen-bond donors (Lipinski definition) is 2. The number of hydrogen-bond acceptors (Lipinski definition) is 5. The van der Waals surface area contributed by atoms with Crippen LogP contribution >= 0.6 is 0 Å². The summed E-state index contributed by atoms with van der Waals surface area (Å²) in [7, 11) is 0. The summed E-state index contributed by atoms with van der Waals surface area (Å²) < 4.78 is 8.81. The first kappa shape index (κ1) is 26.4. The third-order valence-corrected chi connectivity index (χ3v) is 5.81. The summed E-state index contributed by atoms with van der Waals surface area (Å²) in [5.41, 5.74) is 2.03. The number of aromatic nitrogens is 4. The Bertz CT molecular complexity index is 1240. The summed E-state index contributed by atoms with van der Waals surface area (Å²) in [6.07, 6.45) is 2.34. The number of nitrogens with zero attached hydrogens (tertiary/aromatic N) is 3. The van der Waals surface area contributed by atoms with Crippen molar-refractivity contribution >= 4 is 17.1 Å². The average Bonchev–Trinajstić information content (AvgIpc) is 3.18. The molecule has 0 fully saturated rings. The molecule has 0 aliphatic carbocycles. The van der Waals surface area contributed by atoms with Crippen LogP contribution in [0.3, 0.4) is 0 Å². The number of fused-ring (bicyclic) bond motifs is 1. The SMILES string of the molecule is CCCCn1c(=O)[nH]c(=O)c2c1nc(CCC(=O)NCc1ccc(COCC)cc1)n2CC(C)C. The maximum atomic E-state index is 12.7. The predicted octanol–water partition coefficient (Wildman–Crippen LogP) is 3.13. The van der Waals surface area contributed by atoms with E-state index in [1.54, 1.807) is 0 Å². The Labute approximate surface area is 205 Å². The van der Waals surface area contributed by atoms with E-state index in [9.17, 15) is 14.4 Å². The molecule has 2 N–H and O–H groups in total. The van der Waals surface area contributed by atoms with Crippen LogP contribution < -0.4 is 16.6 Å². The van der Waals surface area contributed by atoms with Crippen molar-refractivity contribution in [1.29, 1.82) is 0 Å². The molecule has 190 valence electrons. The number of rotatable bonds is 13. The molecule has 0 aliphatic heterocycles. The van der Waals surface area contributed by atoms with E-state index >= 15 is 0 Å². The minimum atomic E-state index is -0.443. The second kappa shape index (κ2) is 12.5. The monoisotopic (exact) mass is 483 g/mol. The normalized spacial score (nSPS) is 11.5. The third kappa shape index (κ3) is 6.91. The average molecular weight is 484 g/mol. The van der Waals surface area contributed by atoms with E-state index in [1.165, 1.54) is 4.57 Å². The Kier molecular flexibility index (Phi) is 9.42. The quantitative estimate of drug-likeness (QED) is 0.388. The number of benzene rings is 1. The smallest absolute Gasteiger partial charge is 0.330 e. The molecule has 0 aliphatic rings. The molecule has 1 aromatic carbocycles. The topological polar surface area (TPSA) is 111 Å². The van der Waals surface area contributed by atoms with E-state index in [-0.39, 0.29) is 18.2 Å². The molecule has 9 heteroatoms. The van der Waals surface area contributed by atoms with Crippen molar-refractivity contribution in [3.8, 4) is 0 Å². The number of nitrogens with one attached hydrogen (secondary N) is 2. The Morgan fingerprint density at radius 1 is 1.11 bits per heavy atom. The third-order valence-electron chi connectivity index (χ3n) is 5.81. The molecule has 0 bridgehead atoms. The molecule has 3 aromatic rings. The maximum Gasteiger partial charge on any atom is 0.330 e. The molecule has 0 saturated heterocycles. The number of carbonyl (C=O) groups is 1. The molecule has 9 nitrogen and oxygen atoms in total. The van der Waals surface area contributed by atoms with Crippen LogP contribution in [0, 0.1) is 5.92 Å². The van der Waals surface area contributed by atoms with E-state index in [1.807, 2.05) is 42.7 Å². The van der Waals surface area contributed by atoms with E-state index in [4.69, 9.17) is 4.74 Å². The summed E-state index contributed by atoms with van der Waals surface area (Å²) >= 11 is 0. The van der Waals surface area contributed by atoms with Crippen molar-refractivity contribution in [2.75, 3.05) is 6.61 Å². The fraction of sp³-hybridized carbons (Fsp3) is 0.538. The molecule has 0 saturated carbocycles. The first-order chi connectivity index (χ1) is 16.8. The lowest BCUT2D eigenvalue weighted by molar-refractivity contribution is -0.121. The van der Waals surface area contributed by atoms with Crippen molar-refractivity contribution in [2.45, 2.75) is 79.6 Å². The van der Waals surface area contributed by atoms with Gasteiger partial charge in [-0.3, -0.25) is 19.1 Å². The Morgan fingerprint density at radius 2 is 1.83 bits per heavy atom. The summed E-state index contributed by atoms with van der Waals surface area (Å²) in [5.74, 6) is 0.815. The highest BCUT2D eigenvalue weighted by Gasteiger charge is 2.19. The highest BCUT2D eigenvalue weighted by atomic mass is 16.5. The highest BCUT2D eigenvalue weighted by Crippen LogP contribution is 2.16. The first-order valence-corrected chi connectivity index (χ1v) is 12.5. The number of imidazole rings is 1. The van der Waals surface area contributed by atoms with Crippen LogP contribution in [0.25, 0.3) is 11.2 Å². The molecule has 1 amide bonds. The number of aromatic amines is 1. The van der Waals surface area contributed by atoms with Crippen molar-refractivity contribution in [1.82, 2.24) is 24.4 Å². The van der Waals surface area contributed by atoms with E-state index in [2.05, 4.69) is 29.1 Å². The zero-order valence-corrected chi connectivity index (χ0v) is 21.2. The number of amides is 1. The fourth-order valence-corrected chi connectivity index (χ4v) is 3.98. The molecule has 0 unspecified atom stereocenters. The molecule has 3 rings (SSSR count). The predicted molar refractivity (Wildman–Crippen MR) is 136 cm³/mol. The van der Waals surface area contributed by atoms with Crippen LogP contribution in [0.5, 0.6) is 0 Å². The van der Waals surface area contributed by atoms with Crippen LogP contribution in [0.15, 0.2) is 33.9 Å². The molecule has 2 heterocycles. The molecular formula is C26H37N5O4. The lowest BCUT2D eigenvalue weighted by atomic mass is 10.1. The standard InChI is InChI=1S/C26H37N5O4/c1-5-7-14-30-24-23(25(33)29-26(30)34)31(16-18(3)4)21(28-24)12-13-22(32)27-15-19-8-10-20(11-9-19)17-35-6-2/h8-11,18H,5-7,12-17H2,1-4H3,(H,27,32)(H,29,33,34). The Balaban J connectivity index is 1.74. The van der Waals surface area contributed by atoms with Crippen molar-refractivity contribution in [2.24, 2.45) is 5.92 Å². The van der Waals surface area contributed by atoms with Crippen LogP contribution in [-0.4, -0.2) is 31.6 Å². The second-order valence-electron chi connectivity index (χ2n) is 9.20. The zero-order valence-electron chi connectivity index (χ0n) is 21.2. The minimum Gasteiger partial charge on any atom is -0.377 e. The Hall–Kier alpha value is -3.20. The van der Waals surface area contributed by atoms with Crippen molar-refractivity contribution in [3.05, 3.63) is 62.1 Å². The number of carbonyl (C=O) groups excluding carboxylic acids is 1. The van der Waals surface area contributed by atoms with Crippen LogP contribution in [0.2, 0.25) is 0 Å². The molecule has 0 spiro atoms. The molecule has 35 heavy (non-hydrogen) atoms. The minimum absolute atomic E-state index is 0.0937. The van der Waals surface area contributed by atoms with Gasteiger partial charge in [-0.05, 0) is 30.4 Å². The summed E-state index contributed by atoms with van der Waals surface area (Å²) in [6, 6.07) is 7.97. The summed E-state index contributed by atoms with van der Waals surface area (Å²) in [4.78, 5) is 44.9. The number of aryl methyl sites for hydroxylation is 2. The number of ether oxygens (including phenoxy) is 1. The maximum absolute atomic E-state index is 12.7. The van der Waals surface area contributed by atoms with Gasteiger partial charge < -0.3 is 14.6 Å². The van der Waals surface area contributed by atoms with E-state index in [0.717, 1.165) is 24.0 Å². The first-order valence-electron chi connectivity index (χ1n) is 12.5. The second-order valence-corrected chi connectivity index (χ2v) is 9.20.